The zero-order chi connectivity index (χ0) is 13.9. The van der Waals surface area contributed by atoms with Crippen LogP contribution in [0.15, 0.2) is 30.4 Å². The van der Waals surface area contributed by atoms with Gasteiger partial charge in [0.25, 0.3) is 5.91 Å². The first kappa shape index (κ1) is 21.7. The van der Waals surface area contributed by atoms with Crippen molar-refractivity contribution in [1.82, 2.24) is 0 Å². The predicted octanol–water partition coefficient (Wildman–Crippen LogP) is -7.06. The molecule has 0 unspecified atom stereocenters. The second kappa shape index (κ2) is 9.33. The molecule has 1 aromatic carbocycles. The second-order valence-electron chi connectivity index (χ2n) is 3.61. The van der Waals surface area contributed by atoms with Gasteiger partial charge in [0.2, 0.25) is 0 Å². The number of carbonyl (C=O) groups is 3. The first-order valence-corrected chi connectivity index (χ1v) is 4.86. The number of anilines is 1. The quantitative estimate of drug-likeness (QED) is 0.438. The Morgan fingerprint density at radius 2 is 1.40 bits per heavy atom. The number of rotatable bonds is 4. The summed E-state index contributed by atoms with van der Waals surface area (Å²) in [6, 6.07) is 3.06. The van der Waals surface area contributed by atoms with E-state index in [2.05, 4.69) is 11.9 Å². The van der Waals surface area contributed by atoms with Crippen LogP contribution in [0.25, 0.3) is 0 Å². The van der Waals surface area contributed by atoms with Crippen LogP contribution < -0.4 is 74.6 Å². The smallest absolute Gasteiger partial charge is 0.545 e. The van der Waals surface area contributed by atoms with E-state index in [0.717, 1.165) is 18.2 Å². The standard InChI is InChI=1S/C12H11NO5.2Na/c1-6(2)10(14)13-9-4-7(11(15)16)3-8(5-9)12(17)18;;/h3-5H,1H2,2H3,(H,13,14)(H,15,16)(H,17,18);;/q;2*+1/p-2. The molecule has 0 aliphatic rings. The molecule has 8 heteroatoms. The molecule has 0 radical (unpaired) electrons. The molecule has 0 saturated heterocycles. The third kappa shape index (κ3) is 6.21. The zero-order valence-corrected chi connectivity index (χ0v) is 15.5. The van der Waals surface area contributed by atoms with Gasteiger partial charge >= 0.3 is 59.1 Å². The largest absolute Gasteiger partial charge is 1.00 e. The van der Waals surface area contributed by atoms with E-state index in [9.17, 15) is 24.6 Å². The molecule has 0 bridgehead atoms. The van der Waals surface area contributed by atoms with Gasteiger partial charge in [-0.15, -0.1) is 0 Å². The summed E-state index contributed by atoms with van der Waals surface area (Å²) < 4.78 is 0. The average Bonchev–Trinajstić information content (AvgIpc) is 2.28. The third-order valence-corrected chi connectivity index (χ3v) is 2.05. The number of nitrogens with one attached hydrogen (secondary N) is 1. The van der Waals surface area contributed by atoms with E-state index < -0.39 is 17.8 Å². The number of aromatic carboxylic acids is 2. The number of carbonyl (C=O) groups excluding carboxylic acids is 3. The molecule has 0 fully saturated rings. The molecule has 1 rings (SSSR count). The Labute approximate surface area is 159 Å². The van der Waals surface area contributed by atoms with Crippen LogP contribution in [0.2, 0.25) is 0 Å². The van der Waals surface area contributed by atoms with Crippen molar-refractivity contribution in [1.29, 1.82) is 0 Å². The van der Waals surface area contributed by atoms with Crippen LogP contribution in [-0.4, -0.2) is 17.8 Å². The Balaban J connectivity index is 0. The van der Waals surface area contributed by atoms with E-state index in [1.807, 2.05) is 0 Å². The molecular formula is C12H9NNa2O5. The molecule has 0 aliphatic carbocycles. The summed E-state index contributed by atoms with van der Waals surface area (Å²) >= 11 is 0. The third-order valence-electron chi connectivity index (χ3n) is 2.05. The normalized spacial score (nSPS) is 8.65. The molecule has 0 atom stereocenters. The van der Waals surface area contributed by atoms with E-state index in [0.29, 0.717) is 0 Å². The maximum absolute atomic E-state index is 11.3. The Morgan fingerprint density at radius 1 is 1.00 bits per heavy atom. The molecular weight excluding hydrogens is 284 g/mol. The first-order chi connectivity index (χ1) is 8.31. The van der Waals surface area contributed by atoms with Crippen LogP contribution in [-0.2, 0) is 4.79 Å². The van der Waals surface area contributed by atoms with Crippen molar-refractivity contribution in [2.45, 2.75) is 6.92 Å². The maximum atomic E-state index is 11.3. The van der Waals surface area contributed by atoms with Crippen molar-refractivity contribution < 1.29 is 83.7 Å². The fraction of sp³-hybridized carbons (Fsp3) is 0.0833. The van der Waals surface area contributed by atoms with Gasteiger partial charge in [-0.2, -0.15) is 0 Å². The van der Waals surface area contributed by atoms with Gasteiger partial charge in [0, 0.05) is 11.3 Å². The van der Waals surface area contributed by atoms with Crippen LogP contribution in [0, 0.1) is 0 Å². The molecule has 94 valence electrons. The Bertz CT molecular complexity index is 525. The van der Waals surface area contributed by atoms with Crippen molar-refractivity contribution in [2.24, 2.45) is 0 Å². The zero-order valence-electron chi connectivity index (χ0n) is 11.5. The molecule has 0 aliphatic heterocycles. The second-order valence-corrected chi connectivity index (χ2v) is 3.61. The average molecular weight is 293 g/mol. The van der Waals surface area contributed by atoms with Gasteiger partial charge in [0.05, 0.1) is 11.9 Å². The molecule has 0 spiro atoms. The van der Waals surface area contributed by atoms with Crippen LogP contribution in [0.1, 0.15) is 27.6 Å². The van der Waals surface area contributed by atoms with Crippen molar-refractivity contribution in [3.05, 3.63) is 41.5 Å². The first-order valence-electron chi connectivity index (χ1n) is 4.86. The number of benzene rings is 1. The summed E-state index contributed by atoms with van der Waals surface area (Å²) in [7, 11) is 0. The van der Waals surface area contributed by atoms with Crippen LogP contribution in [0.4, 0.5) is 5.69 Å². The predicted molar refractivity (Wildman–Crippen MR) is 58.5 cm³/mol. The molecule has 1 amide bonds. The molecule has 1 N–H and O–H groups in total. The monoisotopic (exact) mass is 293 g/mol. The van der Waals surface area contributed by atoms with Gasteiger partial charge in [-0.05, 0) is 36.2 Å². The van der Waals surface area contributed by atoms with E-state index in [4.69, 9.17) is 0 Å². The van der Waals surface area contributed by atoms with Gasteiger partial charge < -0.3 is 25.1 Å². The summed E-state index contributed by atoms with van der Waals surface area (Å²) in [5.74, 6) is -3.65. The fourth-order valence-corrected chi connectivity index (χ4v) is 1.17. The molecule has 1 aromatic rings. The topological polar surface area (TPSA) is 109 Å². The Kier molecular flexibility index (Phi) is 10.1. The number of hydrogen-bond donors (Lipinski definition) is 1. The Hall–Kier alpha value is -0.630. The summed E-state index contributed by atoms with van der Waals surface area (Å²) in [5.41, 5.74) is -0.518. The van der Waals surface area contributed by atoms with E-state index >= 15 is 0 Å². The number of amides is 1. The van der Waals surface area contributed by atoms with Crippen LogP contribution in [0.3, 0.4) is 0 Å². The van der Waals surface area contributed by atoms with E-state index in [-0.39, 0.29) is 81.5 Å². The van der Waals surface area contributed by atoms with Gasteiger partial charge in [-0.3, -0.25) is 4.79 Å². The number of carboxylic acid groups (broad SMARTS) is 2. The molecule has 0 saturated carbocycles. The maximum Gasteiger partial charge on any atom is 1.00 e. The van der Waals surface area contributed by atoms with Crippen LogP contribution in [0.5, 0.6) is 0 Å². The summed E-state index contributed by atoms with van der Waals surface area (Å²) in [4.78, 5) is 32.7. The minimum atomic E-state index is -1.55. The van der Waals surface area contributed by atoms with Crippen molar-refractivity contribution in [2.75, 3.05) is 5.32 Å². The molecule has 0 heterocycles. The van der Waals surface area contributed by atoms with Crippen molar-refractivity contribution in [3.63, 3.8) is 0 Å². The Morgan fingerprint density at radius 3 is 1.70 bits per heavy atom. The van der Waals surface area contributed by atoms with Crippen molar-refractivity contribution in [3.8, 4) is 0 Å². The van der Waals surface area contributed by atoms with Crippen LogP contribution >= 0.6 is 0 Å². The fourth-order valence-electron chi connectivity index (χ4n) is 1.17. The molecule has 6 nitrogen and oxygen atoms in total. The summed E-state index contributed by atoms with van der Waals surface area (Å²) in [6.07, 6.45) is 0. The van der Waals surface area contributed by atoms with Crippen molar-refractivity contribution >= 4 is 23.5 Å². The minimum Gasteiger partial charge on any atom is -0.545 e. The SMILES string of the molecule is C=C(C)C(=O)Nc1cc(C(=O)[O-])cc(C(=O)[O-])c1.[Na+].[Na+]. The molecule has 0 aromatic heterocycles. The molecule has 20 heavy (non-hydrogen) atoms. The van der Waals surface area contributed by atoms with Gasteiger partial charge in [0.1, 0.15) is 0 Å². The van der Waals surface area contributed by atoms with E-state index in [1.165, 1.54) is 6.92 Å². The summed E-state index contributed by atoms with van der Waals surface area (Å²) in [6.45, 7) is 4.85. The minimum absolute atomic E-state index is 0. The van der Waals surface area contributed by atoms with Gasteiger partial charge in [-0.1, -0.05) is 6.58 Å². The summed E-state index contributed by atoms with van der Waals surface area (Å²) in [5, 5.41) is 23.7. The van der Waals surface area contributed by atoms with E-state index in [1.54, 1.807) is 0 Å². The van der Waals surface area contributed by atoms with Gasteiger partial charge in [-0.25, -0.2) is 0 Å². The number of hydrogen-bond acceptors (Lipinski definition) is 5. The van der Waals surface area contributed by atoms with Gasteiger partial charge in [0.15, 0.2) is 0 Å². The number of carboxylic acids is 2.